The van der Waals surface area contributed by atoms with Crippen LogP contribution >= 0.6 is 11.6 Å². The second kappa shape index (κ2) is 8.47. The zero-order valence-corrected chi connectivity index (χ0v) is 12.9. The van der Waals surface area contributed by atoms with Gasteiger partial charge in [-0.2, -0.15) is 0 Å². The van der Waals surface area contributed by atoms with Gasteiger partial charge in [0.2, 0.25) is 0 Å². The zero-order valence-electron chi connectivity index (χ0n) is 12.2. The lowest BCUT2D eigenvalue weighted by Gasteiger charge is -2.21. The highest BCUT2D eigenvalue weighted by atomic mass is 35.5. The highest BCUT2D eigenvalue weighted by molar-refractivity contribution is 6.31. The van der Waals surface area contributed by atoms with Crippen LogP contribution in [0.1, 0.15) is 5.56 Å². The third-order valence-electron chi connectivity index (χ3n) is 3.63. The minimum absolute atomic E-state index is 0.587. The van der Waals surface area contributed by atoms with Crippen molar-refractivity contribution in [1.29, 1.82) is 0 Å². The van der Waals surface area contributed by atoms with E-state index < -0.39 is 0 Å². The summed E-state index contributed by atoms with van der Waals surface area (Å²) in [6.07, 6.45) is 0. The van der Waals surface area contributed by atoms with E-state index >= 15 is 0 Å². The maximum absolute atomic E-state index is 5.97. The zero-order chi connectivity index (χ0) is 14.2. The quantitative estimate of drug-likeness (QED) is 0.667. The summed E-state index contributed by atoms with van der Waals surface area (Å²) >= 11 is 5.97. The van der Waals surface area contributed by atoms with E-state index in [1.165, 1.54) is 26.2 Å². The van der Waals surface area contributed by atoms with Gasteiger partial charge in [0, 0.05) is 5.02 Å². The first-order valence-electron chi connectivity index (χ1n) is 7.37. The standard InChI is InChI=1S/C15H23ClN2O2/c1-13-12-14(2-3-15(13)16)20-11-10-19-9-8-18-6-4-17-5-7-18/h2-3,12,17H,4-11H2,1H3/p+2. The van der Waals surface area contributed by atoms with Crippen molar-refractivity contribution in [2.75, 3.05) is 52.5 Å². The summed E-state index contributed by atoms with van der Waals surface area (Å²) in [6, 6.07) is 5.71. The first-order valence-corrected chi connectivity index (χ1v) is 7.75. The van der Waals surface area contributed by atoms with Gasteiger partial charge in [-0.1, -0.05) is 11.6 Å². The Hall–Kier alpha value is -0.810. The molecule has 0 saturated carbocycles. The molecule has 112 valence electrons. The predicted molar refractivity (Wildman–Crippen MR) is 79.7 cm³/mol. The van der Waals surface area contributed by atoms with E-state index in [2.05, 4.69) is 5.32 Å². The van der Waals surface area contributed by atoms with E-state index in [-0.39, 0.29) is 0 Å². The summed E-state index contributed by atoms with van der Waals surface area (Å²) in [6.45, 7) is 10.1. The Morgan fingerprint density at radius 3 is 2.75 bits per heavy atom. The van der Waals surface area contributed by atoms with Gasteiger partial charge in [0.15, 0.2) is 0 Å². The number of quaternary nitrogens is 2. The van der Waals surface area contributed by atoms with Crippen molar-refractivity contribution in [1.82, 2.24) is 0 Å². The average molecular weight is 301 g/mol. The van der Waals surface area contributed by atoms with Crippen LogP contribution < -0.4 is 15.0 Å². The Kier molecular flexibility index (Phi) is 6.60. The van der Waals surface area contributed by atoms with Crippen molar-refractivity contribution in [3.05, 3.63) is 28.8 Å². The third kappa shape index (κ3) is 5.29. The summed E-state index contributed by atoms with van der Waals surface area (Å²) in [4.78, 5) is 1.65. The molecule has 0 atom stereocenters. The topological polar surface area (TPSA) is 39.5 Å². The molecule has 0 spiro atoms. The van der Waals surface area contributed by atoms with E-state index in [4.69, 9.17) is 21.1 Å². The number of aryl methyl sites for hydroxylation is 1. The Balaban J connectivity index is 1.53. The van der Waals surface area contributed by atoms with E-state index in [1.807, 2.05) is 25.1 Å². The number of benzene rings is 1. The Labute approximate surface area is 126 Å². The van der Waals surface area contributed by atoms with Gasteiger partial charge in [-0.3, -0.25) is 0 Å². The second-order valence-corrected chi connectivity index (χ2v) is 5.65. The van der Waals surface area contributed by atoms with Crippen molar-refractivity contribution in [3.8, 4) is 5.75 Å². The predicted octanol–water partition coefficient (Wildman–Crippen LogP) is -0.494. The fraction of sp³-hybridized carbons (Fsp3) is 0.600. The molecular formula is C15H25ClN2O2+2. The summed E-state index contributed by atoms with van der Waals surface area (Å²) in [5, 5.41) is 3.15. The van der Waals surface area contributed by atoms with E-state index in [1.54, 1.807) is 4.90 Å². The molecule has 0 bridgehead atoms. The molecule has 5 heteroatoms. The third-order valence-corrected chi connectivity index (χ3v) is 4.05. The molecule has 1 aromatic carbocycles. The summed E-state index contributed by atoms with van der Waals surface area (Å²) < 4.78 is 11.3. The van der Waals surface area contributed by atoms with Gasteiger partial charge in [-0.05, 0) is 30.7 Å². The van der Waals surface area contributed by atoms with E-state index in [0.717, 1.165) is 29.5 Å². The molecule has 3 N–H and O–H groups in total. The molecule has 1 fully saturated rings. The van der Waals surface area contributed by atoms with Crippen LogP contribution in [0.3, 0.4) is 0 Å². The van der Waals surface area contributed by atoms with Crippen molar-refractivity contribution >= 4 is 11.6 Å². The molecule has 1 aliphatic heterocycles. The normalized spacial score (nSPS) is 16.3. The fourth-order valence-electron chi connectivity index (χ4n) is 2.38. The van der Waals surface area contributed by atoms with Gasteiger partial charge in [-0.25, -0.2) is 0 Å². The molecule has 0 amide bonds. The number of piperazine rings is 1. The summed E-state index contributed by atoms with van der Waals surface area (Å²) in [5.74, 6) is 0.854. The first-order chi connectivity index (χ1) is 9.75. The van der Waals surface area contributed by atoms with Crippen LogP contribution in [0.15, 0.2) is 18.2 Å². The maximum Gasteiger partial charge on any atom is 0.127 e. The molecule has 20 heavy (non-hydrogen) atoms. The molecule has 2 rings (SSSR count). The molecule has 1 heterocycles. The first kappa shape index (κ1) is 15.6. The minimum atomic E-state index is 0.587. The van der Waals surface area contributed by atoms with Crippen LogP contribution in [0.5, 0.6) is 5.75 Å². The monoisotopic (exact) mass is 300 g/mol. The van der Waals surface area contributed by atoms with Gasteiger partial charge in [0.25, 0.3) is 0 Å². The Morgan fingerprint density at radius 2 is 2.00 bits per heavy atom. The van der Waals surface area contributed by atoms with Gasteiger partial charge in [0.1, 0.15) is 45.1 Å². The SMILES string of the molecule is Cc1cc(OCCOCC[NH+]2CC[NH2+]CC2)ccc1Cl. The average Bonchev–Trinajstić information content (AvgIpc) is 2.47. The van der Waals surface area contributed by atoms with Crippen LogP contribution in [0, 0.1) is 6.92 Å². The lowest BCUT2D eigenvalue weighted by molar-refractivity contribution is -0.947. The highest BCUT2D eigenvalue weighted by Crippen LogP contribution is 2.20. The van der Waals surface area contributed by atoms with E-state index in [0.29, 0.717) is 13.2 Å². The molecular weight excluding hydrogens is 276 g/mol. The number of rotatable bonds is 7. The molecule has 1 aliphatic rings. The number of nitrogens with two attached hydrogens (primary N) is 1. The minimum Gasteiger partial charge on any atom is -0.491 e. The lowest BCUT2D eigenvalue weighted by Crippen LogP contribution is -3.20. The van der Waals surface area contributed by atoms with Gasteiger partial charge in [-0.15, -0.1) is 0 Å². The van der Waals surface area contributed by atoms with Crippen LogP contribution in [-0.4, -0.2) is 52.5 Å². The van der Waals surface area contributed by atoms with Crippen molar-refractivity contribution in [2.24, 2.45) is 0 Å². The molecule has 1 saturated heterocycles. The summed E-state index contributed by atoms with van der Waals surface area (Å²) in [5.41, 5.74) is 1.04. The van der Waals surface area contributed by atoms with Crippen molar-refractivity contribution < 1.29 is 19.7 Å². The van der Waals surface area contributed by atoms with Gasteiger partial charge >= 0.3 is 0 Å². The number of hydrogen-bond acceptors (Lipinski definition) is 2. The number of hydrogen-bond donors (Lipinski definition) is 2. The second-order valence-electron chi connectivity index (χ2n) is 5.24. The Morgan fingerprint density at radius 1 is 1.20 bits per heavy atom. The van der Waals surface area contributed by atoms with Crippen molar-refractivity contribution in [2.45, 2.75) is 6.92 Å². The van der Waals surface area contributed by atoms with Crippen LogP contribution in [0.25, 0.3) is 0 Å². The molecule has 1 aromatic rings. The number of halogens is 1. The summed E-state index contributed by atoms with van der Waals surface area (Å²) in [7, 11) is 0. The highest BCUT2D eigenvalue weighted by Gasteiger charge is 2.14. The van der Waals surface area contributed by atoms with Crippen LogP contribution in [0.4, 0.5) is 0 Å². The number of nitrogens with one attached hydrogen (secondary N) is 1. The van der Waals surface area contributed by atoms with Gasteiger partial charge < -0.3 is 19.7 Å². The number of ether oxygens (including phenoxy) is 2. The molecule has 0 aliphatic carbocycles. The van der Waals surface area contributed by atoms with E-state index in [9.17, 15) is 0 Å². The Bertz CT molecular complexity index is 409. The maximum atomic E-state index is 5.97. The lowest BCUT2D eigenvalue weighted by atomic mass is 10.2. The van der Waals surface area contributed by atoms with Crippen molar-refractivity contribution in [3.63, 3.8) is 0 Å². The molecule has 4 nitrogen and oxygen atoms in total. The van der Waals surface area contributed by atoms with Gasteiger partial charge in [0.05, 0.1) is 13.2 Å². The molecule has 0 unspecified atom stereocenters. The van der Waals surface area contributed by atoms with Crippen LogP contribution in [-0.2, 0) is 4.74 Å². The smallest absolute Gasteiger partial charge is 0.127 e. The largest absolute Gasteiger partial charge is 0.491 e. The fourth-order valence-corrected chi connectivity index (χ4v) is 2.49. The molecule has 0 aromatic heterocycles. The molecule has 0 radical (unpaired) electrons. The van der Waals surface area contributed by atoms with Crippen LogP contribution in [0.2, 0.25) is 5.02 Å².